The zero-order chi connectivity index (χ0) is 19.3. The molecular formula is C24H23NO3. The normalized spacial score (nSPS) is 16.2. The minimum Gasteiger partial charge on any atom is -0.485 e. The average molecular weight is 373 g/mol. The molecule has 3 aromatic rings. The summed E-state index contributed by atoms with van der Waals surface area (Å²) in [4.78, 5) is 12.7. The number of benzene rings is 3. The zero-order valence-electron chi connectivity index (χ0n) is 15.8. The molecule has 0 spiro atoms. The van der Waals surface area contributed by atoms with Gasteiger partial charge in [0.2, 0.25) is 6.10 Å². The van der Waals surface area contributed by atoms with Crippen molar-refractivity contribution in [2.24, 2.45) is 0 Å². The van der Waals surface area contributed by atoms with Gasteiger partial charge in [-0.15, -0.1) is 0 Å². The number of nitrogens with one attached hydrogen (secondary N) is 1. The Morgan fingerprint density at radius 2 is 1.57 bits per heavy atom. The smallest absolute Gasteiger partial charge is 0.264 e. The lowest BCUT2D eigenvalue weighted by Crippen LogP contribution is -2.45. The van der Waals surface area contributed by atoms with E-state index in [0.717, 1.165) is 5.56 Å². The van der Waals surface area contributed by atoms with E-state index in [9.17, 15) is 4.79 Å². The molecule has 0 saturated heterocycles. The van der Waals surface area contributed by atoms with Crippen LogP contribution in [0.4, 0.5) is 0 Å². The second-order valence-corrected chi connectivity index (χ2v) is 6.98. The number of aryl methyl sites for hydroxylation is 1. The number of ether oxygens (including phenoxy) is 2. The first kappa shape index (κ1) is 18.1. The molecule has 142 valence electrons. The summed E-state index contributed by atoms with van der Waals surface area (Å²) in [5.74, 6) is 1.19. The van der Waals surface area contributed by atoms with Gasteiger partial charge in [-0.1, -0.05) is 72.3 Å². The Balaban J connectivity index is 1.47. The van der Waals surface area contributed by atoms with Gasteiger partial charge >= 0.3 is 0 Å². The van der Waals surface area contributed by atoms with E-state index in [1.807, 2.05) is 42.5 Å². The van der Waals surface area contributed by atoms with E-state index in [-0.39, 0.29) is 18.4 Å². The standard InChI is InChI=1S/C24H23NO3/c1-17-11-13-19(14-12-17)20(18-7-3-2-4-8-18)15-25-24(26)23-16-27-21-9-5-6-10-22(21)28-23/h2-14,20,23H,15-16H2,1H3,(H,25,26). The van der Waals surface area contributed by atoms with Crippen LogP contribution in [0.1, 0.15) is 22.6 Å². The van der Waals surface area contributed by atoms with Crippen LogP contribution in [0.15, 0.2) is 78.9 Å². The van der Waals surface area contributed by atoms with Crippen LogP contribution in [0.2, 0.25) is 0 Å². The van der Waals surface area contributed by atoms with Gasteiger partial charge in [-0.2, -0.15) is 0 Å². The topological polar surface area (TPSA) is 47.6 Å². The summed E-state index contributed by atoms with van der Waals surface area (Å²) in [6, 6.07) is 26.1. The van der Waals surface area contributed by atoms with Crippen molar-refractivity contribution in [3.8, 4) is 11.5 Å². The molecule has 3 aromatic carbocycles. The SMILES string of the molecule is Cc1ccc(C(CNC(=O)C2COc3ccccc3O2)c2ccccc2)cc1. The fourth-order valence-corrected chi connectivity index (χ4v) is 3.38. The van der Waals surface area contributed by atoms with Crippen LogP contribution in [0.25, 0.3) is 0 Å². The summed E-state index contributed by atoms with van der Waals surface area (Å²) in [6.45, 7) is 2.78. The predicted octanol–water partition coefficient (Wildman–Crippen LogP) is 4.08. The molecular weight excluding hydrogens is 350 g/mol. The largest absolute Gasteiger partial charge is 0.485 e. The number of carbonyl (C=O) groups is 1. The molecule has 2 atom stereocenters. The monoisotopic (exact) mass is 373 g/mol. The second-order valence-electron chi connectivity index (χ2n) is 6.98. The summed E-state index contributed by atoms with van der Waals surface area (Å²) in [7, 11) is 0. The predicted molar refractivity (Wildman–Crippen MR) is 109 cm³/mol. The third-order valence-corrected chi connectivity index (χ3v) is 4.96. The number of fused-ring (bicyclic) bond motifs is 1. The van der Waals surface area contributed by atoms with Gasteiger partial charge in [0.15, 0.2) is 11.5 Å². The van der Waals surface area contributed by atoms with Crippen molar-refractivity contribution in [1.82, 2.24) is 5.32 Å². The lowest BCUT2D eigenvalue weighted by Gasteiger charge is -2.26. The van der Waals surface area contributed by atoms with Crippen molar-refractivity contribution in [3.05, 3.63) is 95.6 Å². The second kappa shape index (κ2) is 8.17. The van der Waals surface area contributed by atoms with E-state index in [4.69, 9.17) is 9.47 Å². The molecule has 28 heavy (non-hydrogen) atoms. The van der Waals surface area contributed by atoms with Gasteiger partial charge in [-0.3, -0.25) is 4.79 Å². The zero-order valence-corrected chi connectivity index (χ0v) is 15.8. The van der Waals surface area contributed by atoms with Crippen LogP contribution in [0.3, 0.4) is 0 Å². The molecule has 1 heterocycles. The minimum absolute atomic E-state index is 0.0718. The number of rotatable bonds is 5. The molecule has 1 amide bonds. The van der Waals surface area contributed by atoms with Crippen molar-refractivity contribution in [3.63, 3.8) is 0 Å². The number of amides is 1. The number of para-hydroxylation sites is 2. The molecule has 2 unspecified atom stereocenters. The maximum absolute atomic E-state index is 12.7. The van der Waals surface area contributed by atoms with Crippen LogP contribution >= 0.6 is 0 Å². The van der Waals surface area contributed by atoms with Gasteiger partial charge in [0.05, 0.1) is 0 Å². The minimum atomic E-state index is -0.649. The maximum atomic E-state index is 12.7. The fraction of sp³-hybridized carbons (Fsp3) is 0.208. The molecule has 4 rings (SSSR count). The third-order valence-electron chi connectivity index (χ3n) is 4.96. The molecule has 0 bridgehead atoms. The third kappa shape index (κ3) is 4.01. The number of hydrogen-bond acceptors (Lipinski definition) is 3. The highest BCUT2D eigenvalue weighted by molar-refractivity contribution is 5.81. The van der Waals surface area contributed by atoms with Crippen molar-refractivity contribution in [2.45, 2.75) is 18.9 Å². The molecule has 0 saturated carbocycles. The summed E-state index contributed by atoms with van der Waals surface area (Å²) in [6.07, 6.45) is -0.649. The molecule has 1 aliphatic rings. The Bertz CT molecular complexity index is 938. The molecule has 0 fully saturated rings. The molecule has 0 radical (unpaired) electrons. The van der Waals surface area contributed by atoms with Gasteiger partial charge in [0, 0.05) is 12.5 Å². The van der Waals surface area contributed by atoms with Crippen molar-refractivity contribution >= 4 is 5.91 Å². The first-order valence-electron chi connectivity index (χ1n) is 9.48. The first-order valence-corrected chi connectivity index (χ1v) is 9.48. The Hall–Kier alpha value is -3.27. The fourth-order valence-electron chi connectivity index (χ4n) is 3.38. The lowest BCUT2D eigenvalue weighted by molar-refractivity contribution is -0.130. The first-order chi connectivity index (χ1) is 13.7. The van der Waals surface area contributed by atoms with Crippen molar-refractivity contribution < 1.29 is 14.3 Å². The Kier molecular flexibility index (Phi) is 5.29. The van der Waals surface area contributed by atoms with Gasteiger partial charge in [0.25, 0.3) is 5.91 Å². The Morgan fingerprint density at radius 1 is 0.929 bits per heavy atom. The van der Waals surface area contributed by atoms with Crippen LogP contribution in [0, 0.1) is 6.92 Å². The Morgan fingerprint density at radius 3 is 2.32 bits per heavy atom. The molecule has 0 aliphatic carbocycles. The van der Waals surface area contributed by atoms with Crippen LogP contribution in [0.5, 0.6) is 11.5 Å². The van der Waals surface area contributed by atoms with E-state index in [1.54, 1.807) is 0 Å². The number of carbonyl (C=O) groups excluding carboxylic acids is 1. The van der Waals surface area contributed by atoms with Crippen LogP contribution < -0.4 is 14.8 Å². The summed E-state index contributed by atoms with van der Waals surface area (Å²) >= 11 is 0. The van der Waals surface area contributed by atoms with Crippen LogP contribution in [-0.2, 0) is 4.79 Å². The van der Waals surface area contributed by atoms with E-state index in [1.165, 1.54) is 11.1 Å². The summed E-state index contributed by atoms with van der Waals surface area (Å²) in [5, 5.41) is 3.05. The van der Waals surface area contributed by atoms with Gasteiger partial charge < -0.3 is 14.8 Å². The Labute approximate surface area is 165 Å². The summed E-state index contributed by atoms with van der Waals surface area (Å²) < 4.78 is 11.5. The molecule has 4 heteroatoms. The maximum Gasteiger partial charge on any atom is 0.264 e. The molecule has 0 aromatic heterocycles. The number of hydrogen-bond donors (Lipinski definition) is 1. The lowest BCUT2D eigenvalue weighted by atomic mass is 9.90. The highest BCUT2D eigenvalue weighted by Gasteiger charge is 2.28. The highest BCUT2D eigenvalue weighted by atomic mass is 16.6. The van der Waals surface area contributed by atoms with Gasteiger partial charge in [-0.25, -0.2) is 0 Å². The average Bonchev–Trinajstić information content (AvgIpc) is 2.75. The summed E-state index contributed by atoms with van der Waals surface area (Å²) in [5.41, 5.74) is 3.55. The van der Waals surface area contributed by atoms with E-state index in [2.05, 4.69) is 48.6 Å². The quantitative estimate of drug-likeness (QED) is 0.733. The highest BCUT2D eigenvalue weighted by Crippen LogP contribution is 2.31. The van der Waals surface area contributed by atoms with Crippen molar-refractivity contribution in [2.75, 3.05) is 13.2 Å². The van der Waals surface area contributed by atoms with Crippen molar-refractivity contribution in [1.29, 1.82) is 0 Å². The molecule has 1 aliphatic heterocycles. The van der Waals surface area contributed by atoms with Gasteiger partial charge in [-0.05, 0) is 30.2 Å². The van der Waals surface area contributed by atoms with E-state index < -0.39 is 6.10 Å². The van der Waals surface area contributed by atoms with E-state index in [0.29, 0.717) is 18.0 Å². The van der Waals surface area contributed by atoms with E-state index >= 15 is 0 Å². The van der Waals surface area contributed by atoms with Gasteiger partial charge in [0.1, 0.15) is 6.61 Å². The molecule has 4 nitrogen and oxygen atoms in total. The van der Waals surface area contributed by atoms with Crippen LogP contribution in [-0.4, -0.2) is 25.2 Å². The molecule has 1 N–H and O–H groups in total.